The van der Waals surface area contributed by atoms with Crippen LogP contribution in [0, 0.1) is 0 Å². The highest BCUT2D eigenvalue weighted by Gasteiger charge is 2.22. The zero-order valence-corrected chi connectivity index (χ0v) is 10.6. The van der Waals surface area contributed by atoms with Crippen molar-refractivity contribution in [1.82, 2.24) is 5.43 Å². The number of carbonyl (C=O) groups is 1. The molecule has 1 aromatic rings. The molecule has 0 bridgehead atoms. The van der Waals surface area contributed by atoms with Crippen LogP contribution >= 0.6 is 0 Å². The van der Waals surface area contributed by atoms with Crippen molar-refractivity contribution < 1.29 is 9.90 Å². The molecule has 0 radical (unpaired) electrons. The summed E-state index contributed by atoms with van der Waals surface area (Å²) in [4.78, 5) is 11.2. The monoisotopic (exact) mass is 236 g/mol. The maximum Gasteiger partial charge on any atom is 0.238 e. The van der Waals surface area contributed by atoms with Gasteiger partial charge in [0.2, 0.25) is 5.91 Å². The second-order valence-corrected chi connectivity index (χ2v) is 4.83. The number of phenols is 1. The summed E-state index contributed by atoms with van der Waals surface area (Å²) in [6.07, 6.45) is 1.14. The Balaban J connectivity index is 3.06. The van der Waals surface area contributed by atoms with E-state index in [1.54, 1.807) is 12.1 Å². The molecule has 4 heteroatoms. The molecule has 0 aromatic heterocycles. The highest BCUT2D eigenvalue weighted by Crippen LogP contribution is 2.34. The molecule has 1 rings (SSSR count). The van der Waals surface area contributed by atoms with Crippen LogP contribution in [0.4, 0.5) is 0 Å². The molecule has 0 unspecified atom stereocenters. The fourth-order valence-corrected chi connectivity index (χ4v) is 1.66. The average molecular weight is 236 g/mol. The van der Waals surface area contributed by atoms with Gasteiger partial charge < -0.3 is 5.11 Å². The first-order valence-corrected chi connectivity index (χ1v) is 5.72. The molecule has 17 heavy (non-hydrogen) atoms. The van der Waals surface area contributed by atoms with E-state index in [0.717, 1.165) is 17.5 Å². The van der Waals surface area contributed by atoms with Crippen LogP contribution in [0.5, 0.6) is 5.75 Å². The lowest BCUT2D eigenvalue weighted by atomic mass is 9.81. The number of hydrogen-bond acceptors (Lipinski definition) is 3. The Morgan fingerprint density at radius 1 is 1.47 bits per heavy atom. The van der Waals surface area contributed by atoms with Gasteiger partial charge in [0, 0.05) is 0 Å². The van der Waals surface area contributed by atoms with Crippen molar-refractivity contribution in [2.24, 2.45) is 5.84 Å². The Hall–Kier alpha value is -1.55. The predicted molar refractivity (Wildman–Crippen MR) is 67.5 cm³/mol. The van der Waals surface area contributed by atoms with Gasteiger partial charge in [0.25, 0.3) is 0 Å². The summed E-state index contributed by atoms with van der Waals surface area (Å²) in [6.45, 7) is 6.20. The molecule has 0 heterocycles. The Morgan fingerprint density at radius 2 is 2.12 bits per heavy atom. The van der Waals surface area contributed by atoms with Gasteiger partial charge in [-0.05, 0) is 29.0 Å². The van der Waals surface area contributed by atoms with E-state index in [-0.39, 0.29) is 23.5 Å². The molecule has 94 valence electrons. The Kier molecular flexibility index (Phi) is 4.12. The summed E-state index contributed by atoms with van der Waals surface area (Å²) >= 11 is 0. The molecular formula is C13H20N2O2. The normalized spacial score (nSPS) is 11.3. The van der Waals surface area contributed by atoms with E-state index in [9.17, 15) is 9.90 Å². The number of phenolic OH excluding ortho intramolecular Hbond substituents is 1. The number of benzene rings is 1. The van der Waals surface area contributed by atoms with Crippen molar-refractivity contribution in [2.75, 3.05) is 0 Å². The molecule has 4 nitrogen and oxygen atoms in total. The van der Waals surface area contributed by atoms with E-state index < -0.39 is 0 Å². The third-order valence-electron chi connectivity index (χ3n) is 3.20. The van der Waals surface area contributed by atoms with Crippen LogP contribution in [0.15, 0.2) is 18.2 Å². The molecule has 4 N–H and O–H groups in total. The van der Waals surface area contributed by atoms with E-state index in [2.05, 4.69) is 26.2 Å². The minimum Gasteiger partial charge on any atom is -0.508 e. The lowest BCUT2D eigenvalue weighted by Crippen LogP contribution is -2.31. The van der Waals surface area contributed by atoms with E-state index in [0.29, 0.717) is 0 Å². The van der Waals surface area contributed by atoms with Crippen LogP contribution in [0.3, 0.4) is 0 Å². The minimum atomic E-state index is -0.240. The summed E-state index contributed by atoms with van der Waals surface area (Å²) < 4.78 is 0. The molecule has 0 aliphatic carbocycles. The number of nitrogens with one attached hydrogen (secondary N) is 1. The lowest BCUT2D eigenvalue weighted by molar-refractivity contribution is -0.120. The quantitative estimate of drug-likeness (QED) is 0.422. The Morgan fingerprint density at radius 3 is 2.65 bits per heavy atom. The molecule has 0 saturated heterocycles. The smallest absolute Gasteiger partial charge is 0.238 e. The first-order valence-electron chi connectivity index (χ1n) is 5.72. The standard InChI is InChI=1S/C13H20N2O2/c1-4-13(2,3)10-7-9(5-6-11(10)16)8-12(17)15-14/h5-7,16H,4,8,14H2,1-3H3,(H,15,17). The molecule has 1 amide bonds. The summed E-state index contributed by atoms with van der Waals surface area (Å²) in [7, 11) is 0. The molecule has 0 atom stereocenters. The van der Waals surface area contributed by atoms with Gasteiger partial charge in [-0.3, -0.25) is 10.2 Å². The highest BCUT2D eigenvalue weighted by molar-refractivity contribution is 5.78. The van der Waals surface area contributed by atoms with Gasteiger partial charge in [-0.25, -0.2) is 5.84 Å². The van der Waals surface area contributed by atoms with E-state index in [1.165, 1.54) is 0 Å². The number of rotatable bonds is 4. The Bertz CT molecular complexity index is 414. The largest absolute Gasteiger partial charge is 0.508 e. The summed E-state index contributed by atoms with van der Waals surface area (Å²) in [5, 5.41) is 9.87. The van der Waals surface area contributed by atoms with Crippen molar-refractivity contribution in [3.63, 3.8) is 0 Å². The lowest BCUT2D eigenvalue weighted by Gasteiger charge is -2.25. The number of amides is 1. The first-order chi connectivity index (χ1) is 7.90. The van der Waals surface area contributed by atoms with Gasteiger partial charge in [0.05, 0.1) is 6.42 Å². The average Bonchev–Trinajstić information content (AvgIpc) is 2.31. The van der Waals surface area contributed by atoms with Crippen molar-refractivity contribution in [2.45, 2.75) is 39.0 Å². The molecule has 0 aliphatic rings. The van der Waals surface area contributed by atoms with E-state index in [4.69, 9.17) is 5.84 Å². The number of hydrogen-bond donors (Lipinski definition) is 3. The van der Waals surface area contributed by atoms with Crippen LogP contribution in [0.25, 0.3) is 0 Å². The summed E-state index contributed by atoms with van der Waals surface area (Å²) in [5.41, 5.74) is 3.70. The van der Waals surface area contributed by atoms with Gasteiger partial charge in [0.15, 0.2) is 0 Å². The van der Waals surface area contributed by atoms with E-state index in [1.807, 2.05) is 6.07 Å². The Labute approximate surface area is 102 Å². The molecular weight excluding hydrogens is 216 g/mol. The maximum absolute atomic E-state index is 11.2. The molecule has 1 aromatic carbocycles. The third-order valence-corrected chi connectivity index (χ3v) is 3.20. The zero-order valence-electron chi connectivity index (χ0n) is 10.6. The predicted octanol–water partition coefficient (Wildman–Crippen LogP) is 1.61. The van der Waals surface area contributed by atoms with Crippen molar-refractivity contribution in [3.05, 3.63) is 29.3 Å². The summed E-state index contributed by atoms with van der Waals surface area (Å²) in [6, 6.07) is 5.24. The number of carbonyl (C=O) groups excluding carboxylic acids is 1. The second-order valence-electron chi connectivity index (χ2n) is 4.83. The SMILES string of the molecule is CCC(C)(C)c1cc(CC(=O)NN)ccc1O. The fourth-order valence-electron chi connectivity index (χ4n) is 1.66. The highest BCUT2D eigenvalue weighted by atomic mass is 16.3. The molecule has 0 aliphatic heterocycles. The second kappa shape index (κ2) is 5.19. The first kappa shape index (κ1) is 13.5. The number of aromatic hydroxyl groups is 1. The van der Waals surface area contributed by atoms with Crippen molar-refractivity contribution in [1.29, 1.82) is 0 Å². The van der Waals surface area contributed by atoms with Gasteiger partial charge in [-0.1, -0.05) is 32.9 Å². The topological polar surface area (TPSA) is 75.4 Å². The van der Waals surface area contributed by atoms with Crippen LogP contribution in [-0.4, -0.2) is 11.0 Å². The third kappa shape index (κ3) is 3.20. The zero-order chi connectivity index (χ0) is 13.1. The van der Waals surface area contributed by atoms with Crippen LogP contribution in [0.1, 0.15) is 38.3 Å². The fraction of sp³-hybridized carbons (Fsp3) is 0.462. The van der Waals surface area contributed by atoms with Gasteiger partial charge in [-0.15, -0.1) is 0 Å². The van der Waals surface area contributed by atoms with Gasteiger partial charge >= 0.3 is 0 Å². The van der Waals surface area contributed by atoms with Crippen LogP contribution in [-0.2, 0) is 16.6 Å². The molecule has 0 saturated carbocycles. The van der Waals surface area contributed by atoms with Crippen molar-refractivity contribution in [3.8, 4) is 5.75 Å². The van der Waals surface area contributed by atoms with Gasteiger partial charge in [0.1, 0.15) is 5.75 Å². The van der Waals surface area contributed by atoms with Gasteiger partial charge in [-0.2, -0.15) is 0 Å². The number of hydrazine groups is 1. The minimum absolute atomic E-state index is 0.112. The summed E-state index contributed by atoms with van der Waals surface area (Å²) in [5.74, 6) is 5.08. The van der Waals surface area contributed by atoms with Crippen molar-refractivity contribution >= 4 is 5.91 Å². The van der Waals surface area contributed by atoms with Crippen LogP contribution in [0.2, 0.25) is 0 Å². The number of nitrogens with two attached hydrogens (primary N) is 1. The molecule has 0 spiro atoms. The maximum atomic E-state index is 11.2. The van der Waals surface area contributed by atoms with E-state index >= 15 is 0 Å². The van der Waals surface area contributed by atoms with Crippen LogP contribution < -0.4 is 11.3 Å². The molecule has 0 fully saturated rings.